The number of nitrogens with zero attached hydrogens (tertiary/aromatic N) is 3. The highest BCUT2D eigenvalue weighted by Crippen LogP contribution is 2.43. The molecule has 1 unspecified atom stereocenters. The number of carbonyl (C=O) groups excluding carboxylic acids is 1. The van der Waals surface area contributed by atoms with E-state index in [-0.39, 0.29) is 23.6 Å². The first-order valence-corrected chi connectivity index (χ1v) is 10.7. The molecule has 1 aromatic heterocycles. The van der Waals surface area contributed by atoms with Gasteiger partial charge < -0.3 is 14.4 Å². The van der Waals surface area contributed by atoms with Crippen LogP contribution in [0.4, 0.5) is 0 Å². The van der Waals surface area contributed by atoms with Gasteiger partial charge in [0, 0.05) is 32.1 Å². The van der Waals surface area contributed by atoms with Gasteiger partial charge in [0.15, 0.2) is 5.76 Å². The number of likely N-dealkylation sites (tertiary alicyclic amines) is 2. The molecule has 0 aromatic carbocycles. The maximum Gasteiger partial charge on any atom is 0.312 e. The number of esters is 1. The summed E-state index contributed by atoms with van der Waals surface area (Å²) >= 11 is 0. The number of cyclic esters (lactones) is 1. The quantitative estimate of drug-likeness (QED) is 0.771. The van der Waals surface area contributed by atoms with Gasteiger partial charge >= 0.3 is 5.97 Å². The zero-order valence-electron chi connectivity index (χ0n) is 17.1. The predicted molar refractivity (Wildman–Crippen MR) is 104 cm³/mol. The van der Waals surface area contributed by atoms with Crippen molar-refractivity contribution in [2.45, 2.75) is 70.6 Å². The molecule has 28 heavy (non-hydrogen) atoms. The molecule has 1 atom stereocenters. The monoisotopic (exact) mass is 391 g/mol. The van der Waals surface area contributed by atoms with Crippen molar-refractivity contribution in [1.82, 2.24) is 15.0 Å². The average Bonchev–Trinajstić information content (AvgIpc) is 3.25. The lowest BCUT2D eigenvalue weighted by atomic mass is 9.76. The molecule has 0 bridgehead atoms. The molecule has 3 saturated heterocycles. The van der Waals surface area contributed by atoms with Gasteiger partial charge in [0.05, 0.1) is 23.8 Å². The SMILES string of the molecule is CC(C)c1cc(CN2CCC3(CC2)CC(CN2CCC(O)CC2)OC3=O)on1. The highest BCUT2D eigenvalue weighted by Gasteiger charge is 2.50. The van der Waals surface area contributed by atoms with Crippen molar-refractivity contribution in [3.8, 4) is 0 Å². The van der Waals surface area contributed by atoms with Crippen molar-refractivity contribution < 1.29 is 19.2 Å². The summed E-state index contributed by atoms with van der Waals surface area (Å²) in [5, 5.41) is 13.8. The molecule has 0 amide bonds. The van der Waals surface area contributed by atoms with E-state index in [1.54, 1.807) is 0 Å². The van der Waals surface area contributed by atoms with Crippen LogP contribution in [0.5, 0.6) is 0 Å². The van der Waals surface area contributed by atoms with Gasteiger partial charge in [0.25, 0.3) is 0 Å². The van der Waals surface area contributed by atoms with Crippen molar-refractivity contribution in [2.75, 3.05) is 32.7 Å². The van der Waals surface area contributed by atoms with Crippen LogP contribution in [0.1, 0.15) is 63.3 Å². The number of hydrogen-bond acceptors (Lipinski definition) is 7. The Kier molecular flexibility index (Phi) is 5.76. The molecule has 0 radical (unpaired) electrons. The summed E-state index contributed by atoms with van der Waals surface area (Å²) in [5.74, 6) is 1.27. The minimum absolute atomic E-state index is 0.00262. The van der Waals surface area contributed by atoms with Gasteiger partial charge in [-0.15, -0.1) is 0 Å². The summed E-state index contributed by atoms with van der Waals surface area (Å²) in [7, 11) is 0. The standard InChI is InChI=1S/C21H33N3O4/c1-15(2)19-11-17(28-22-19)13-24-9-5-21(6-10-24)12-18(27-20(21)26)14-23-7-3-16(25)4-8-23/h11,15-16,18,25H,3-10,12-14H2,1-2H3. The molecule has 3 aliphatic heterocycles. The van der Waals surface area contributed by atoms with Crippen molar-refractivity contribution in [1.29, 1.82) is 0 Å². The molecule has 3 aliphatic rings. The number of hydrogen-bond donors (Lipinski definition) is 1. The normalized spacial score (nSPS) is 27.0. The molecule has 7 heteroatoms. The van der Waals surface area contributed by atoms with E-state index in [0.717, 1.165) is 82.8 Å². The first kappa shape index (κ1) is 19.9. The summed E-state index contributed by atoms with van der Waals surface area (Å²) in [6.45, 7) is 9.34. The summed E-state index contributed by atoms with van der Waals surface area (Å²) in [6, 6.07) is 2.05. The van der Waals surface area contributed by atoms with E-state index in [2.05, 4.69) is 28.8 Å². The molecule has 1 aromatic rings. The number of aliphatic hydroxyl groups is 1. The van der Waals surface area contributed by atoms with Crippen molar-refractivity contribution >= 4 is 5.97 Å². The molecule has 4 heterocycles. The molecule has 3 fully saturated rings. The van der Waals surface area contributed by atoms with Crippen LogP contribution in [0.15, 0.2) is 10.6 Å². The van der Waals surface area contributed by atoms with Crippen molar-refractivity contribution in [3.05, 3.63) is 17.5 Å². The molecular formula is C21H33N3O4. The molecule has 156 valence electrons. The van der Waals surface area contributed by atoms with Crippen molar-refractivity contribution in [2.24, 2.45) is 5.41 Å². The Morgan fingerprint density at radius 3 is 2.57 bits per heavy atom. The number of ether oxygens (including phenoxy) is 1. The molecule has 1 spiro atoms. The smallest absolute Gasteiger partial charge is 0.312 e. The number of aromatic nitrogens is 1. The van der Waals surface area contributed by atoms with E-state index in [0.29, 0.717) is 5.92 Å². The fraction of sp³-hybridized carbons (Fsp3) is 0.810. The summed E-state index contributed by atoms with van der Waals surface area (Å²) < 4.78 is 11.2. The number of piperidine rings is 2. The first-order valence-electron chi connectivity index (χ1n) is 10.7. The van der Waals surface area contributed by atoms with Crippen LogP contribution >= 0.6 is 0 Å². The topological polar surface area (TPSA) is 79.0 Å². The first-order chi connectivity index (χ1) is 13.4. The van der Waals surface area contributed by atoms with Crippen LogP contribution in [-0.2, 0) is 16.1 Å². The van der Waals surface area contributed by atoms with Crippen molar-refractivity contribution in [3.63, 3.8) is 0 Å². The number of rotatable bonds is 5. The van der Waals surface area contributed by atoms with Crippen LogP contribution in [0.2, 0.25) is 0 Å². The van der Waals surface area contributed by atoms with Gasteiger partial charge in [0.2, 0.25) is 0 Å². The van der Waals surface area contributed by atoms with E-state index in [1.807, 2.05) is 6.07 Å². The van der Waals surface area contributed by atoms with E-state index >= 15 is 0 Å². The number of aliphatic hydroxyl groups excluding tert-OH is 1. The van der Waals surface area contributed by atoms with E-state index in [9.17, 15) is 9.90 Å². The van der Waals surface area contributed by atoms with Gasteiger partial charge in [-0.2, -0.15) is 0 Å². The molecule has 1 N–H and O–H groups in total. The number of carbonyl (C=O) groups is 1. The third kappa shape index (κ3) is 4.26. The predicted octanol–water partition coefficient (Wildman–Crippen LogP) is 2.15. The second kappa shape index (κ2) is 8.13. The zero-order valence-corrected chi connectivity index (χ0v) is 17.1. The van der Waals surface area contributed by atoms with Gasteiger partial charge in [0.1, 0.15) is 6.10 Å². The summed E-state index contributed by atoms with van der Waals surface area (Å²) in [6.07, 6.45) is 4.01. The Labute approximate surface area is 167 Å². The fourth-order valence-corrected chi connectivity index (χ4v) is 4.77. The highest BCUT2D eigenvalue weighted by atomic mass is 16.6. The van der Waals surface area contributed by atoms with Crippen LogP contribution < -0.4 is 0 Å². The highest BCUT2D eigenvalue weighted by molar-refractivity contribution is 5.79. The van der Waals surface area contributed by atoms with Gasteiger partial charge in [-0.1, -0.05) is 19.0 Å². The lowest BCUT2D eigenvalue weighted by molar-refractivity contribution is -0.151. The van der Waals surface area contributed by atoms with E-state index in [4.69, 9.17) is 9.26 Å². The Balaban J connectivity index is 1.27. The van der Waals surface area contributed by atoms with Gasteiger partial charge in [-0.25, -0.2) is 0 Å². The average molecular weight is 392 g/mol. The lowest BCUT2D eigenvalue weighted by Gasteiger charge is -2.36. The second-order valence-corrected chi connectivity index (χ2v) is 9.19. The summed E-state index contributed by atoms with van der Waals surface area (Å²) in [4.78, 5) is 17.3. The third-order valence-electron chi connectivity index (χ3n) is 6.71. The van der Waals surface area contributed by atoms with Crippen LogP contribution in [0.3, 0.4) is 0 Å². The van der Waals surface area contributed by atoms with Crippen LogP contribution in [0, 0.1) is 5.41 Å². The Bertz CT molecular complexity index is 673. The lowest BCUT2D eigenvalue weighted by Crippen LogP contribution is -2.42. The Morgan fingerprint density at radius 2 is 1.93 bits per heavy atom. The Hall–Kier alpha value is -1.44. The minimum atomic E-state index is -0.305. The van der Waals surface area contributed by atoms with E-state index < -0.39 is 0 Å². The minimum Gasteiger partial charge on any atom is -0.461 e. The maximum atomic E-state index is 12.7. The van der Waals surface area contributed by atoms with Gasteiger partial charge in [-0.05, 0) is 44.7 Å². The second-order valence-electron chi connectivity index (χ2n) is 9.19. The summed E-state index contributed by atoms with van der Waals surface area (Å²) in [5.41, 5.74) is 0.692. The fourth-order valence-electron chi connectivity index (χ4n) is 4.77. The largest absolute Gasteiger partial charge is 0.461 e. The third-order valence-corrected chi connectivity index (χ3v) is 6.71. The van der Waals surface area contributed by atoms with E-state index in [1.165, 1.54) is 0 Å². The molecule has 4 rings (SSSR count). The Morgan fingerprint density at radius 1 is 1.21 bits per heavy atom. The van der Waals surface area contributed by atoms with Crippen LogP contribution in [0.25, 0.3) is 0 Å². The zero-order chi connectivity index (χ0) is 19.7. The molecular weight excluding hydrogens is 358 g/mol. The van der Waals surface area contributed by atoms with Gasteiger partial charge in [-0.3, -0.25) is 14.6 Å². The molecule has 0 aliphatic carbocycles. The van der Waals surface area contributed by atoms with Crippen LogP contribution in [-0.4, -0.2) is 71.0 Å². The molecule has 0 saturated carbocycles. The maximum absolute atomic E-state index is 12.7. The molecule has 7 nitrogen and oxygen atoms in total.